The number of ether oxygens (including phenoxy) is 1. The van der Waals surface area contributed by atoms with Crippen LogP contribution >= 0.6 is 0 Å². The zero-order valence-corrected chi connectivity index (χ0v) is 9.90. The van der Waals surface area contributed by atoms with Crippen LogP contribution in [0.25, 0.3) is 0 Å². The van der Waals surface area contributed by atoms with Crippen molar-refractivity contribution in [3.05, 3.63) is 12.5 Å². The summed E-state index contributed by atoms with van der Waals surface area (Å²) in [5, 5.41) is 0.146. The number of hydrogen-bond acceptors (Lipinski definition) is 4. The van der Waals surface area contributed by atoms with E-state index in [1.807, 2.05) is 6.92 Å². The fraction of sp³-hybridized carbons (Fsp3) is 0.667. The third kappa shape index (κ3) is 1.98. The molecule has 2 rings (SSSR count). The van der Waals surface area contributed by atoms with E-state index in [4.69, 9.17) is 4.74 Å². The SMILES string of the molecule is CCC1COCCN1S(=O)(=O)c1cnc[nH]1. The van der Waals surface area contributed by atoms with Gasteiger partial charge in [-0.05, 0) is 6.42 Å². The maximum absolute atomic E-state index is 12.2. The summed E-state index contributed by atoms with van der Waals surface area (Å²) in [5.41, 5.74) is 0. The maximum atomic E-state index is 12.2. The quantitative estimate of drug-likeness (QED) is 0.826. The van der Waals surface area contributed by atoms with Gasteiger partial charge in [-0.1, -0.05) is 6.92 Å². The van der Waals surface area contributed by atoms with E-state index in [0.717, 1.165) is 6.42 Å². The van der Waals surface area contributed by atoms with E-state index in [-0.39, 0.29) is 11.1 Å². The first-order valence-corrected chi connectivity index (χ1v) is 6.68. The van der Waals surface area contributed by atoms with E-state index in [0.29, 0.717) is 19.8 Å². The Hall–Kier alpha value is -0.920. The van der Waals surface area contributed by atoms with Gasteiger partial charge < -0.3 is 9.72 Å². The van der Waals surface area contributed by atoms with Crippen molar-refractivity contribution in [2.75, 3.05) is 19.8 Å². The average molecular weight is 245 g/mol. The minimum Gasteiger partial charge on any atom is -0.378 e. The molecule has 1 aliphatic rings. The van der Waals surface area contributed by atoms with Crippen molar-refractivity contribution in [3.8, 4) is 0 Å². The Bertz CT molecular complexity index is 429. The predicted molar refractivity (Wildman–Crippen MR) is 57.4 cm³/mol. The van der Waals surface area contributed by atoms with E-state index >= 15 is 0 Å². The largest absolute Gasteiger partial charge is 0.378 e. The lowest BCUT2D eigenvalue weighted by Gasteiger charge is -2.33. The van der Waals surface area contributed by atoms with Gasteiger partial charge in [0.05, 0.1) is 25.7 Å². The Kier molecular flexibility index (Phi) is 3.27. The minimum absolute atomic E-state index is 0.0814. The third-order valence-corrected chi connectivity index (χ3v) is 4.58. The number of H-pyrrole nitrogens is 1. The Morgan fingerprint density at radius 2 is 2.50 bits per heavy atom. The molecule has 1 fully saturated rings. The van der Waals surface area contributed by atoms with Crippen LogP contribution in [-0.2, 0) is 14.8 Å². The lowest BCUT2D eigenvalue weighted by molar-refractivity contribution is 0.0313. The van der Waals surface area contributed by atoms with E-state index < -0.39 is 10.0 Å². The van der Waals surface area contributed by atoms with E-state index in [9.17, 15) is 8.42 Å². The van der Waals surface area contributed by atoms with Crippen molar-refractivity contribution >= 4 is 10.0 Å². The normalized spacial score (nSPS) is 23.4. The van der Waals surface area contributed by atoms with Crippen LogP contribution in [0, 0.1) is 0 Å². The number of hydrogen-bond donors (Lipinski definition) is 1. The van der Waals surface area contributed by atoms with Crippen LogP contribution in [0.1, 0.15) is 13.3 Å². The van der Waals surface area contributed by atoms with Crippen LogP contribution in [0.15, 0.2) is 17.6 Å². The smallest absolute Gasteiger partial charge is 0.260 e. The number of sulfonamides is 1. The molecule has 1 aromatic heterocycles. The molecule has 0 aliphatic carbocycles. The molecule has 7 heteroatoms. The summed E-state index contributed by atoms with van der Waals surface area (Å²) in [6.07, 6.45) is 3.44. The number of aromatic amines is 1. The first-order valence-electron chi connectivity index (χ1n) is 5.24. The van der Waals surface area contributed by atoms with Gasteiger partial charge in [-0.25, -0.2) is 13.4 Å². The molecule has 0 aromatic carbocycles. The van der Waals surface area contributed by atoms with Crippen LogP contribution in [0.4, 0.5) is 0 Å². The predicted octanol–water partition coefficient (Wildman–Crippen LogP) is 0.209. The van der Waals surface area contributed by atoms with Crippen molar-refractivity contribution < 1.29 is 13.2 Å². The standard InChI is InChI=1S/C9H15N3O3S/c1-2-8-6-15-4-3-12(8)16(13,14)9-5-10-7-11-9/h5,7-8H,2-4,6H2,1H3,(H,10,11). The third-order valence-electron chi connectivity index (χ3n) is 2.70. The molecule has 0 amide bonds. The summed E-state index contributed by atoms with van der Waals surface area (Å²) in [5.74, 6) is 0. The summed E-state index contributed by atoms with van der Waals surface area (Å²) in [6, 6.07) is -0.0814. The molecule has 1 N–H and O–H groups in total. The monoisotopic (exact) mass is 245 g/mol. The van der Waals surface area contributed by atoms with Gasteiger partial charge in [0.2, 0.25) is 0 Å². The Labute approximate surface area is 94.7 Å². The number of nitrogens with zero attached hydrogens (tertiary/aromatic N) is 2. The molecule has 1 aromatic rings. The lowest BCUT2D eigenvalue weighted by Crippen LogP contribution is -2.48. The lowest BCUT2D eigenvalue weighted by atomic mass is 10.2. The van der Waals surface area contributed by atoms with E-state index in [2.05, 4.69) is 9.97 Å². The Morgan fingerprint density at radius 3 is 3.12 bits per heavy atom. The molecule has 0 spiro atoms. The fourth-order valence-electron chi connectivity index (χ4n) is 1.79. The van der Waals surface area contributed by atoms with Crippen molar-refractivity contribution in [1.82, 2.24) is 14.3 Å². The second kappa shape index (κ2) is 4.52. The molecular formula is C9H15N3O3S. The van der Waals surface area contributed by atoms with Crippen molar-refractivity contribution in [2.24, 2.45) is 0 Å². The van der Waals surface area contributed by atoms with Crippen LogP contribution in [-0.4, -0.2) is 48.5 Å². The summed E-state index contributed by atoms with van der Waals surface area (Å²) in [7, 11) is -3.44. The van der Waals surface area contributed by atoms with Crippen LogP contribution in [0.2, 0.25) is 0 Å². The van der Waals surface area contributed by atoms with Crippen LogP contribution < -0.4 is 0 Å². The molecule has 2 heterocycles. The van der Waals surface area contributed by atoms with Gasteiger partial charge in [0.25, 0.3) is 10.0 Å². The van der Waals surface area contributed by atoms with Gasteiger partial charge in [0.1, 0.15) is 0 Å². The summed E-state index contributed by atoms with van der Waals surface area (Å²) >= 11 is 0. The zero-order valence-electron chi connectivity index (χ0n) is 9.09. The number of morpholine rings is 1. The molecule has 1 atom stereocenters. The highest BCUT2D eigenvalue weighted by Crippen LogP contribution is 2.19. The van der Waals surface area contributed by atoms with Crippen molar-refractivity contribution in [2.45, 2.75) is 24.4 Å². The maximum Gasteiger partial charge on any atom is 0.260 e. The van der Waals surface area contributed by atoms with Gasteiger partial charge >= 0.3 is 0 Å². The Balaban J connectivity index is 2.28. The molecule has 0 bridgehead atoms. The highest BCUT2D eigenvalue weighted by Gasteiger charge is 2.33. The summed E-state index contributed by atoms with van der Waals surface area (Å²) in [6.45, 7) is 3.27. The molecule has 0 radical (unpaired) electrons. The topological polar surface area (TPSA) is 75.3 Å². The fourth-order valence-corrected chi connectivity index (χ4v) is 3.35. The van der Waals surface area contributed by atoms with Gasteiger partial charge in [-0.15, -0.1) is 0 Å². The second-order valence-electron chi connectivity index (χ2n) is 3.67. The molecule has 1 saturated heterocycles. The molecule has 0 saturated carbocycles. The Morgan fingerprint density at radius 1 is 1.69 bits per heavy atom. The molecule has 1 unspecified atom stereocenters. The van der Waals surface area contributed by atoms with Gasteiger partial charge in [-0.2, -0.15) is 4.31 Å². The number of aromatic nitrogens is 2. The highest BCUT2D eigenvalue weighted by molar-refractivity contribution is 7.89. The average Bonchev–Trinajstić information content (AvgIpc) is 2.83. The van der Waals surface area contributed by atoms with Crippen LogP contribution in [0.5, 0.6) is 0 Å². The van der Waals surface area contributed by atoms with Gasteiger partial charge in [0, 0.05) is 12.6 Å². The van der Waals surface area contributed by atoms with E-state index in [1.165, 1.54) is 16.8 Å². The zero-order chi connectivity index (χ0) is 11.6. The molecule has 90 valence electrons. The second-order valence-corrected chi connectivity index (χ2v) is 5.53. The molecular weight excluding hydrogens is 230 g/mol. The van der Waals surface area contributed by atoms with Crippen molar-refractivity contribution in [3.63, 3.8) is 0 Å². The molecule has 16 heavy (non-hydrogen) atoms. The number of imidazole rings is 1. The summed E-state index contributed by atoms with van der Waals surface area (Å²) in [4.78, 5) is 6.38. The number of nitrogens with one attached hydrogen (secondary N) is 1. The van der Waals surface area contributed by atoms with Crippen LogP contribution in [0.3, 0.4) is 0 Å². The van der Waals surface area contributed by atoms with Gasteiger partial charge in [-0.3, -0.25) is 0 Å². The summed E-state index contributed by atoms with van der Waals surface area (Å²) < 4.78 is 31.2. The first kappa shape index (κ1) is 11.6. The minimum atomic E-state index is -3.44. The first-order chi connectivity index (χ1) is 7.66. The van der Waals surface area contributed by atoms with Crippen molar-refractivity contribution in [1.29, 1.82) is 0 Å². The number of rotatable bonds is 3. The molecule has 1 aliphatic heterocycles. The van der Waals surface area contributed by atoms with E-state index in [1.54, 1.807) is 0 Å². The van der Waals surface area contributed by atoms with Gasteiger partial charge in [0.15, 0.2) is 5.03 Å². The highest BCUT2D eigenvalue weighted by atomic mass is 32.2. The molecule has 6 nitrogen and oxygen atoms in total.